The summed E-state index contributed by atoms with van der Waals surface area (Å²) in [7, 11) is 0. The summed E-state index contributed by atoms with van der Waals surface area (Å²) in [6.45, 7) is 2.69. The highest BCUT2D eigenvalue weighted by Crippen LogP contribution is 2.12. The molecule has 0 spiro atoms. The van der Waals surface area contributed by atoms with Crippen LogP contribution in [0.1, 0.15) is 12.6 Å². The minimum atomic E-state index is -0.196. The number of nitrogens with one attached hydrogen (secondary N) is 2. The maximum absolute atomic E-state index is 11.5. The molecule has 0 bridgehead atoms. The van der Waals surface area contributed by atoms with Crippen molar-refractivity contribution in [2.24, 2.45) is 0 Å². The van der Waals surface area contributed by atoms with Crippen molar-refractivity contribution >= 4 is 45.0 Å². The van der Waals surface area contributed by atoms with E-state index >= 15 is 0 Å². The molecule has 0 unspecified atom stereocenters. The Morgan fingerprint density at radius 3 is 2.71 bits per heavy atom. The summed E-state index contributed by atoms with van der Waals surface area (Å²) in [6.07, 6.45) is 0. The number of hydrogen-bond acceptors (Lipinski definition) is 3. The Bertz CT molecular complexity index is 597. The molecule has 0 aliphatic heterocycles. The largest absolute Gasteiger partial charge is 0.375 e. The number of hydrogen-bond donors (Lipinski definition) is 2. The highest BCUT2D eigenvalue weighted by molar-refractivity contribution is 8.93. The number of aromatic nitrogens is 2. The molecule has 0 aliphatic rings. The minimum absolute atomic E-state index is 0. The fraction of sp³-hybridized carbons (Fsp3) is 0.182. The fourth-order valence-corrected chi connectivity index (χ4v) is 1.83. The van der Waals surface area contributed by atoms with E-state index < -0.39 is 0 Å². The molecule has 17 heavy (non-hydrogen) atoms. The van der Waals surface area contributed by atoms with Crippen LogP contribution in [0.4, 0.5) is 0 Å². The first-order valence-electron chi connectivity index (χ1n) is 4.99. The molecule has 1 aromatic heterocycles. The van der Waals surface area contributed by atoms with Gasteiger partial charge in [0.1, 0.15) is 10.7 Å². The lowest BCUT2D eigenvalue weighted by molar-refractivity contribution is 0.951. The molecule has 2 N–H and O–H groups in total. The van der Waals surface area contributed by atoms with E-state index in [0.717, 1.165) is 11.9 Å². The predicted molar refractivity (Wildman–Crippen MR) is 78.1 cm³/mol. The molecule has 2 rings (SSSR count). The summed E-state index contributed by atoms with van der Waals surface area (Å²) in [4.78, 5) is 12.1. The second-order valence-corrected chi connectivity index (χ2v) is 3.71. The van der Waals surface area contributed by atoms with Crippen LogP contribution in [-0.4, -0.2) is 21.7 Å². The lowest BCUT2D eigenvalue weighted by atomic mass is 10.1. The third-order valence-corrected chi connectivity index (χ3v) is 2.59. The first-order chi connectivity index (χ1) is 7.74. The number of aromatic amines is 1. The zero-order valence-electron chi connectivity index (χ0n) is 9.19. The molecule has 6 heteroatoms. The van der Waals surface area contributed by atoms with Gasteiger partial charge in [-0.2, -0.15) is 5.10 Å². The summed E-state index contributed by atoms with van der Waals surface area (Å²) in [5.41, 5.74) is 0.422. The molecule has 1 heterocycles. The third kappa shape index (κ3) is 2.70. The molecule has 1 aromatic carbocycles. The molecule has 0 radical (unpaired) electrons. The molecule has 0 atom stereocenters. The Labute approximate surface area is 114 Å². The predicted octanol–water partition coefficient (Wildman–Crippen LogP) is 1.79. The van der Waals surface area contributed by atoms with Crippen molar-refractivity contribution in [1.82, 2.24) is 15.5 Å². The number of halogens is 1. The van der Waals surface area contributed by atoms with Gasteiger partial charge in [0, 0.05) is 11.9 Å². The zero-order valence-corrected chi connectivity index (χ0v) is 11.7. The fourth-order valence-electron chi connectivity index (χ4n) is 1.53. The van der Waals surface area contributed by atoms with Crippen LogP contribution in [0.15, 0.2) is 29.1 Å². The van der Waals surface area contributed by atoms with Crippen LogP contribution in [0.2, 0.25) is 0 Å². The van der Waals surface area contributed by atoms with Crippen molar-refractivity contribution in [3.05, 3.63) is 40.3 Å². The quantitative estimate of drug-likeness (QED) is 0.830. The van der Waals surface area contributed by atoms with Gasteiger partial charge in [-0.15, -0.1) is 17.0 Å². The maximum atomic E-state index is 11.5. The summed E-state index contributed by atoms with van der Waals surface area (Å²) in [6, 6.07) is 7.28. The van der Waals surface area contributed by atoms with Gasteiger partial charge in [-0.1, -0.05) is 30.4 Å². The van der Waals surface area contributed by atoms with Crippen molar-refractivity contribution in [1.29, 1.82) is 0 Å². The highest BCUT2D eigenvalue weighted by atomic mass is 79.9. The molecule has 2 aromatic rings. The Balaban J connectivity index is 0.00000144. The van der Waals surface area contributed by atoms with Crippen molar-refractivity contribution < 1.29 is 0 Å². The molecule has 4 nitrogen and oxygen atoms in total. The topological polar surface area (TPSA) is 57.8 Å². The second kappa shape index (κ2) is 5.88. The lowest BCUT2D eigenvalue weighted by Gasteiger charge is -2.06. The molecule has 0 fully saturated rings. The Morgan fingerprint density at radius 1 is 1.41 bits per heavy atom. The number of thiocarbonyl (C=S) groups is 1. The average Bonchev–Trinajstić information content (AvgIpc) is 2.30. The number of fused-ring (bicyclic) bond motifs is 1. The first kappa shape index (κ1) is 13.8. The zero-order chi connectivity index (χ0) is 11.5. The molecule has 0 amide bonds. The normalized spacial score (nSPS) is 9.71. The van der Waals surface area contributed by atoms with Crippen LogP contribution < -0.4 is 10.9 Å². The number of rotatable bonds is 2. The Morgan fingerprint density at radius 2 is 2.06 bits per heavy atom. The van der Waals surface area contributed by atoms with Gasteiger partial charge in [-0.05, 0) is 13.0 Å². The van der Waals surface area contributed by atoms with E-state index in [2.05, 4.69) is 15.5 Å². The van der Waals surface area contributed by atoms with E-state index in [0.29, 0.717) is 16.1 Å². The van der Waals surface area contributed by atoms with Crippen molar-refractivity contribution in [3.8, 4) is 0 Å². The van der Waals surface area contributed by atoms with Gasteiger partial charge in [0.05, 0.1) is 5.39 Å². The molecular weight excluding hydrogens is 302 g/mol. The number of nitrogens with zero attached hydrogens (tertiary/aromatic N) is 1. The minimum Gasteiger partial charge on any atom is -0.375 e. The van der Waals surface area contributed by atoms with E-state index in [-0.39, 0.29) is 22.5 Å². The number of H-pyrrole nitrogens is 1. The van der Waals surface area contributed by atoms with E-state index in [9.17, 15) is 4.79 Å². The van der Waals surface area contributed by atoms with Crippen LogP contribution in [0.25, 0.3) is 10.8 Å². The van der Waals surface area contributed by atoms with Crippen molar-refractivity contribution in [3.63, 3.8) is 0 Å². The van der Waals surface area contributed by atoms with Crippen molar-refractivity contribution in [2.75, 3.05) is 6.54 Å². The van der Waals surface area contributed by atoms with Gasteiger partial charge >= 0.3 is 0 Å². The summed E-state index contributed by atoms with van der Waals surface area (Å²) < 4.78 is 0. The van der Waals surface area contributed by atoms with E-state index in [4.69, 9.17) is 12.2 Å². The van der Waals surface area contributed by atoms with Crippen LogP contribution in [-0.2, 0) is 0 Å². The van der Waals surface area contributed by atoms with Crippen LogP contribution in [0.5, 0.6) is 0 Å². The molecule has 90 valence electrons. The van der Waals surface area contributed by atoms with E-state index in [1.165, 1.54) is 0 Å². The first-order valence-corrected chi connectivity index (χ1v) is 5.40. The highest BCUT2D eigenvalue weighted by Gasteiger charge is 2.09. The van der Waals surface area contributed by atoms with Gasteiger partial charge in [0.25, 0.3) is 5.56 Å². The van der Waals surface area contributed by atoms with Crippen LogP contribution in [0.3, 0.4) is 0 Å². The lowest BCUT2D eigenvalue weighted by Crippen LogP contribution is -2.25. The van der Waals surface area contributed by atoms with E-state index in [1.54, 1.807) is 6.07 Å². The van der Waals surface area contributed by atoms with Crippen LogP contribution in [0, 0.1) is 0 Å². The smallest absolute Gasteiger partial charge is 0.272 e. The third-order valence-electron chi connectivity index (χ3n) is 2.25. The second-order valence-electron chi connectivity index (χ2n) is 3.31. The SMILES string of the molecule is Br.CCNC(=S)c1n[nH]c(=O)c2ccccc12. The van der Waals surface area contributed by atoms with Gasteiger partial charge in [0.15, 0.2) is 0 Å². The molecule has 0 saturated heterocycles. The number of benzene rings is 1. The monoisotopic (exact) mass is 313 g/mol. The maximum Gasteiger partial charge on any atom is 0.272 e. The van der Waals surface area contributed by atoms with Gasteiger partial charge in [-0.25, -0.2) is 5.10 Å². The molecular formula is C11H12BrN3OS. The van der Waals surface area contributed by atoms with Gasteiger partial charge in [-0.3, -0.25) is 4.79 Å². The van der Waals surface area contributed by atoms with Gasteiger partial charge in [0.2, 0.25) is 0 Å². The Hall–Kier alpha value is -1.27. The average molecular weight is 314 g/mol. The summed E-state index contributed by atoms with van der Waals surface area (Å²) in [5, 5.41) is 10.8. The summed E-state index contributed by atoms with van der Waals surface area (Å²) in [5.74, 6) is 0. The van der Waals surface area contributed by atoms with Crippen molar-refractivity contribution in [2.45, 2.75) is 6.92 Å². The van der Waals surface area contributed by atoms with Gasteiger partial charge < -0.3 is 5.32 Å². The summed E-state index contributed by atoms with van der Waals surface area (Å²) >= 11 is 5.19. The molecule has 0 aliphatic carbocycles. The Kier molecular flexibility index (Phi) is 4.77. The standard InChI is InChI=1S/C11H11N3OS.BrH/c1-2-12-11(16)9-7-5-3-4-6-8(7)10(15)14-13-9;/h3-6H,2H2,1H3,(H,12,16)(H,14,15);1H. The molecule has 0 saturated carbocycles. The van der Waals surface area contributed by atoms with E-state index in [1.807, 2.05) is 25.1 Å². The van der Waals surface area contributed by atoms with Crippen LogP contribution >= 0.6 is 29.2 Å².